The lowest BCUT2D eigenvalue weighted by molar-refractivity contribution is -0.0294. The van der Waals surface area contributed by atoms with E-state index >= 15 is 0 Å². The van der Waals surface area contributed by atoms with Crippen LogP contribution >= 0.6 is 0 Å². The Kier molecular flexibility index (Phi) is 4.60. The number of ether oxygens (including phenoxy) is 1. The Balaban J connectivity index is 3.32. The van der Waals surface area contributed by atoms with Crippen molar-refractivity contribution >= 4 is 0 Å². The van der Waals surface area contributed by atoms with Gasteiger partial charge in [-0.3, -0.25) is 0 Å². The first-order valence-corrected chi connectivity index (χ1v) is 6.14. The largest absolute Gasteiger partial charge is 0.370 e. The molecule has 4 nitrogen and oxygen atoms in total. The van der Waals surface area contributed by atoms with Crippen LogP contribution in [0.25, 0.3) is 0 Å². The number of aromatic nitrogens is 2. The van der Waals surface area contributed by atoms with Gasteiger partial charge in [0.25, 0.3) is 0 Å². The number of nitrogens with two attached hydrogens (primary N) is 1. The predicted molar refractivity (Wildman–Crippen MR) is 68.7 cm³/mol. The average Bonchev–Trinajstić information content (AvgIpc) is 2.32. The normalized spacial score (nSPS) is 11.9. The minimum atomic E-state index is -0.372. The van der Waals surface area contributed by atoms with Crippen LogP contribution in [0, 0.1) is 13.8 Å². The second-order valence-electron chi connectivity index (χ2n) is 4.31. The van der Waals surface area contributed by atoms with Crippen molar-refractivity contribution in [3.05, 3.63) is 22.8 Å². The molecule has 0 aromatic carbocycles. The second kappa shape index (κ2) is 5.56. The molecule has 0 spiro atoms. The zero-order chi connectivity index (χ0) is 13.1. The minimum absolute atomic E-state index is 0.372. The highest BCUT2D eigenvalue weighted by Crippen LogP contribution is 2.30. The maximum absolute atomic E-state index is 5.70. The lowest BCUT2D eigenvalue weighted by atomic mass is 9.95. The molecule has 4 heteroatoms. The zero-order valence-corrected chi connectivity index (χ0v) is 11.5. The first kappa shape index (κ1) is 14.1. The summed E-state index contributed by atoms with van der Waals surface area (Å²) in [5.41, 5.74) is 8.27. The summed E-state index contributed by atoms with van der Waals surface area (Å²) in [5, 5.41) is 0. The van der Waals surface area contributed by atoms with Crippen molar-refractivity contribution in [1.29, 1.82) is 0 Å². The standard InChI is InChI=1S/C13H23N3O/c1-6-13(7-2,17-5)12-15-9(3)11(8-14)10(4)16-12/h6-8,14H2,1-5H3. The molecule has 0 aliphatic rings. The van der Waals surface area contributed by atoms with Crippen molar-refractivity contribution in [2.45, 2.75) is 52.7 Å². The Labute approximate surface area is 104 Å². The van der Waals surface area contributed by atoms with E-state index in [9.17, 15) is 0 Å². The van der Waals surface area contributed by atoms with Crippen LogP contribution in [0.2, 0.25) is 0 Å². The Hall–Kier alpha value is -1.00. The fourth-order valence-corrected chi connectivity index (χ4v) is 2.18. The molecule has 2 N–H and O–H groups in total. The molecule has 1 aromatic heterocycles. The molecule has 0 aliphatic heterocycles. The smallest absolute Gasteiger partial charge is 0.160 e. The molecule has 17 heavy (non-hydrogen) atoms. The van der Waals surface area contributed by atoms with Crippen molar-refractivity contribution in [3.8, 4) is 0 Å². The quantitative estimate of drug-likeness (QED) is 0.853. The Morgan fingerprint density at radius 1 is 1.12 bits per heavy atom. The first-order chi connectivity index (χ1) is 8.04. The van der Waals surface area contributed by atoms with Gasteiger partial charge >= 0.3 is 0 Å². The van der Waals surface area contributed by atoms with Gasteiger partial charge in [-0.05, 0) is 26.7 Å². The molecule has 0 amide bonds. The summed E-state index contributed by atoms with van der Waals surface area (Å²) in [6.07, 6.45) is 1.72. The molecule has 96 valence electrons. The number of nitrogens with zero attached hydrogens (tertiary/aromatic N) is 2. The van der Waals surface area contributed by atoms with Gasteiger partial charge in [-0.1, -0.05) is 13.8 Å². The van der Waals surface area contributed by atoms with Gasteiger partial charge in [0.05, 0.1) is 0 Å². The first-order valence-electron chi connectivity index (χ1n) is 6.14. The van der Waals surface area contributed by atoms with Crippen LogP contribution in [-0.4, -0.2) is 17.1 Å². The van der Waals surface area contributed by atoms with Gasteiger partial charge in [-0.25, -0.2) is 9.97 Å². The number of aryl methyl sites for hydroxylation is 2. The second-order valence-corrected chi connectivity index (χ2v) is 4.31. The highest BCUT2D eigenvalue weighted by atomic mass is 16.5. The van der Waals surface area contributed by atoms with Crippen molar-refractivity contribution < 1.29 is 4.74 Å². The Morgan fingerprint density at radius 2 is 1.59 bits per heavy atom. The third-order valence-corrected chi connectivity index (χ3v) is 3.57. The summed E-state index contributed by atoms with van der Waals surface area (Å²) in [7, 11) is 1.72. The van der Waals surface area contributed by atoms with E-state index in [2.05, 4.69) is 23.8 Å². The van der Waals surface area contributed by atoms with Crippen LogP contribution in [0.1, 0.15) is 49.5 Å². The van der Waals surface area contributed by atoms with E-state index < -0.39 is 0 Å². The third-order valence-electron chi connectivity index (χ3n) is 3.57. The maximum Gasteiger partial charge on any atom is 0.160 e. The van der Waals surface area contributed by atoms with Gasteiger partial charge in [-0.2, -0.15) is 0 Å². The zero-order valence-electron chi connectivity index (χ0n) is 11.5. The molecule has 0 unspecified atom stereocenters. The van der Waals surface area contributed by atoms with Crippen LogP contribution in [0.15, 0.2) is 0 Å². The summed E-state index contributed by atoms with van der Waals surface area (Å²) < 4.78 is 5.65. The van der Waals surface area contributed by atoms with Gasteiger partial charge in [0.2, 0.25) is 0 Å². The third kappa shape index (κ3) is 2.48. The van der Waals surface area contributed by atoms with E-state index in [1.54, 1.807) is 7.11 Å². The van der Waals surface area contributed by atoms with Crippen LogP contribution in [0.3, 0.4) is 0 Å². The van der Waals surface area contributed by atoms with Crippen molar-refractivity contribution in [3.63, 3.8) is 0 Å². The fraction of sp³-hybridized carbons (Fsp3) is 0.692. The van der Waals surface area contributed by atoms with Gasteiger partial charge in [0.1, 0.15) is 5.60 Å². The summed E-state index contributed by atoms with van der Waals surface area (Å²) in [6, 6.07) is 0. The minimum Gasteiger partial charge on any atom is -0.370 e. The van der Waals surface area contributed by atoms with E-state index in [0.29, 0.717) is 6.54 Å². The van der Waals surface area contributed by atoms with Crippen molar-refractivity contribution in [1.82, 2.24) is 9.97 Å². The molecule has 0 aliphatic carbocycles. The maximum atomic E-state index is 5.70. The number of hydrogen-bond acceptors (Lipinski definition) is 4. The molecule has 1 heterocycles. The summed E-state index contributed by atoms with van der Waals surface area (Å²) in [6.45, 7) is 8.63. The van der Waals surface area contributed by atoms with Gasteiger partial charge in [0.15, 0.2) is 5.82 Å². The summed E-state index contributed by atoms with van der Waals surface area (Å²) >= 11 is 0. The van der Waals surface area contributed by atoms with Gasteiger partial charge in [-0.15, -0.1) is 0 Å². The average molecular weight is 237 g/mol. The molecule has 0 radical (unpaired) electrons. The van der Waals surface area contributed by atoms with Crippen LogP contribution in [0.5, 0.6) is 0 Å². The monoisotopic (exact) mass is 237 g/mol. The van der Waals surface area contributed by atoms with E-state index in [1.807, 2.05) is 13.8 Å². The molecular weight excluding hydrogens is 214 g/mol. The fourth-order valence-electron chi connectivity index (χ4n) is 2.18. The lowest BCUT2D eigenvalue weighted by Gasteiger charge is -2.29. The highest BCUT2D eigenvalue weighted by molar-refractivity contribution is 5.25. The van der Waals surface area contributed by atoms with Crippen LogP contribution in [0.4, 0.5) is 0 Å². The van der Waals surface area contributed by atoms with E-state index in [1.165, 1.54) is 0 Å². The lowest BCUT2D eigenvalue weighted by Crippen LogP contribution is -2.30. The molecule has 1 aromatic rings. The van der Waals surface area contributed by atoms with Crippen LogP contribution in [-0.2, 0) is 16.9 Å². The number of rotatable bonds is 5. The molecule has 0 bridgehead atoms. The predicted octanol–water partition coefficient (Wildman–Crippen LogP) is 2.21. The molecule has 1 rings (SSSR count). The molecule has 0 atom stereocenters. The van der Waals surface area contributed by atoms with Crippen molar-refractivity contribution in [2.24, 2.45) is 5.73 Å². The van der Waals surface area contributed by atoms with Crippen LogP contribution < -0.4 is 5.73 Å². The molecular formula is C13H23N3O. The molecule has 0 saturated heterocycles. The van der Waals surface area contributed by atoms with Gasteiger partial charge in [0, 0.05) is 30.6 Å². The summed E-state index contributed by atoms with van der Waals surface area (Å²) in [5.74, 6) is 0.775. The van der Waals surface area contributed by atoms with E-state index in [4.69, 9.17) is 10.5 Å². The van der Waals surface area contributed by atoms with Gasteiger partial charge < -0.3 is 10.5 Å². The SMILES string of the molecule is CCC(CC)(OC)c1nc(C)c(CN)c(C)n1. The molecule has 0 fully saturated rings. The van der Waals surface area contributed by atoms with Crippen molar-refractivity contribution in [2.75, 3.05) is 7.11 Å². The molecule has 0 saturated carbocycles. The van der Waals surface area contributed by atoms with E-state index in [-0.39, 0.29) is 5.60 Å². The van der Waals surface area contributed by atoms with E-state index in [0.717, 1.165) is 35.6 Å². The number of methoxy groups -OCH3 is 1. The Bertz CT molecular complexity index is 355. The Morgan fingerprint density at radius 3 is 1.88 bits per heavy atom. The number of hydrogen-bond donors (Lipinski definition) is 1. The summed E-state index contributed by atoms with van der Waals surface area (Å²) in [4.78, 5) is 9.15. The topological polar surface area (TPSA) is 61.0 Å². The highest BCUT2D eigenvalue weighted by Gasteiger charge is 2.32.